The van der Waals surface area contributed by atoms with Gasteiger partial charge in [0.05, 0.1) is 18.4 Å². The summed E-state index contributed by atoms with van der Waals surface area (Å²) in [6, 6.07) is 20.7. The molecule has 0 atom stereocenters. The number of amides is 3. The molecule has 9 heteroatoms. The van der Waals surface area contributed by atoms with E-state index in [9.17, 15) is 19.2 Å². The number of rotatable bonds is 8. The van der Waals surface area contributed by atoms with Crippen LogP contribution in [0.5, 0.6) is 5.75 Å². The molecule has 2 aliphatic rings. The van der Waals surface area contributed by atoms with Gasteiger partial charge in [0, 0.05) is 17.3 Å². The number of ketones is 1. The zero-order valence-electron chi connectivity index (χ0n) is 21.5. The number of fused-ring (bicyclic) bond motifs is 1. The Labute approximate surface area is 231 Å². The second-order valence-electron chi connectivity index (χ2n) is 9.77. The molecule has 200 valence electrons. The molecule has 1 aliphatic carbocycles. The number of nitrogens with zero attached hydrogens (tertiary/aromatic N) is 2. The second-order valence-corrected chi connectivity index (χ2v) is 10.2. The lowest BCUT2D eigenvalue weighted by Gasteiger charge is -2.41. The number of para-hydroxylation sites is 1. The SMILES string of the molecule is COc1ccc(NC(=O)C2(N(Cc3ccc(Cl)cc3)C(=O)CN3C(=O)C(=O)c4ccccc43)CCCC2)cc1. The first kappa shape index (κ1) is 26.4. The van der Waals surface area contributed by atoms with Crippen LogP contribution in [0.15, 0.2) is 72.8 Å². The molecule has 39 heavy (non-hydrogen) atoms. The van der Waals surface area contributed by atoms with Crippen molar-refractivity contribution in [2.45, 2.75) is 37.8 Å². The van der Waals surface area contributed by atoms with Gasteiger partial charge < -0.3 is 15.0 Å². The van der Waals surface area contributed by atoms with E-state index in [1.807, 2.05) is 12.1 Å². The minimum absolute atomic E-state index is 0.143. The van der Waals surface area contributed by atoms with Gasteiger partial charge in [0.25, 0.3) is 11.7 Å². The van der Waals surface area contributed by atoms with Gasteiger partial charge >= 0.3 is 0 Å². The van der Waals surface area contributed by atoms with E-state index in [1.165, 1.54) is 4.90 Å². The second kappa shape index (κ2) is 10.9. The van der Waals surface area contributed by atoms with Crippen LogP contribution in [-0.2, 0) is 20.9 Å². The first-order chi connectivity index (χ1) is 18.8. The van der Waals surface area contributed by atoms with Gasteiger partial charge in [0.15, 0.2) is 0 Å². The zero-order chi connectivity index (χ0) is 27.6. The molecule has 5 rings (SSSR count). The average Bonchev–Trinajstić information content (AvgIpc) is 3.54. The average molecular weight is 546 g/mol. The largest absolute Gasteiger partial charge is 0.497 e. The summed E-state index contributed by atoms with van der Waals surface area (Å²) in [5.41, 5.74) is 0.909. The molecule has 8 nitrogen and oxygen atoms in total. The van der Waals surface area contributed by atoms with Crippen molar-refractivity contribution in [3.05, 3.63) is 88.9 Å². The molecule has 0 spiro atoms. The predicted molar refractivity (Wildman–Crippen MR) is 148 cm³/mol. The van der Waals surface area contributed by atoms with Crippen molar-refractivity contribution in [3.8, 4) is 5.75 Å². The van der Waals surface area contributed by atoms with Gasteiger partial charge in [-0.25, -0.2) is 0 Å². The topological polar surface area (TPSA) is 96.0 Å². The summed E-state index contributed by atoms with van der Waals surface area (Å²) in [4.78, 5) is 56.2. The first-order valence-corrected chi connectivity index (χ1v) is 13.2. The van der Waals surface area contributed by atoms with Crippen LogP contribution >= 0.6 is 11.6 Å². The maximum Gasteiger partial charge on any atom is 0.299 e. The van der Waals surface area contributed by atoms with Gasteiger partial charge in [-0.3, -0.25) is 24.1 Å². The van der Waals surface area contributed by atoms with E-state index >= 15 is 0 Å². The van der Waals surface area contributed by atoms with Gasteiger partial charge in [0.2, 0.25) is 11.8 Å². The lowest BCUT2D eigenvalue weighted by Crippen LogP contribution is -2.59. The number of benzene rings is 3. The Bertz CT molecular complexity index is 1420. The van der Waals surface area contributed by atoms with Crippen molar-refractivity contribution >= 4 is 46.5 Å². The molecule has 1 saturated carbocycles. The maximum absolute atomic E-state index is 14.1. The number of nitrogens with one attached hydrogen (secondary N) is 1. The number of hydrogen-bond donors (Lipinski definition) is 1. The molecule has 0 radical (unpaired) electrons. The lowest BCUT2D eigenvalue weighted by molar-refractivity contribution is -0.145. The number of carbonyl (C=O) groups excluding carboxylic acids is 4. The molecule has 3 amide bonds. The lowest BCUT2D eigenvalue weighted by atomic mass is 9.92. The van der Waals surface area contributed by atoms with Crippen LogP contribution < -0.4 is 15.0 Å². The summed E-state index contributed by atoms with van der Waals surface area (Å²) < 4.78 is 5.21. The summed E-state index contributed by atoms with van der Waals surface area (Å²) in [5.74, 6) is -1.45. The van der Waals surface area contributed by atoms with Crippen molar-refractivity contribution in [1.82, 2.24) is 4.90 Å². The van der Waals surface area contributed by atoms with Crippen molar-refractivity contribution in [1.29, 1.82) is 0 Å². The third kappa shape index (κ3) is 5.12. The summed E-state index contributed by atoms with van der Waals surface area (Å²) in [6.45, 7) is -0.212. The van der Waals surface area contributed by atoms with E-state index in [1.54, 1.807) is 72.7 Å². The highest BCUT2D eigenvalue weighted by Crippen LogP contribution is 2.39. The monoisotopic (exact) mass is 545 g/mol. The molecule has 1 N–H and O–H groups in total. The van der Waals surface area contributed by atoms with Gasteiger partial charge in [0.1, 0.15) is 17.8 Å². The Balaban J connectivity index is 1.48. The van der Waals surface area contributed by atoms with Crippen LogP contribution in [-0.4, -0.2) is 47.6 Å². The number of halogens is 1. The number of Topliss-reactive ketones (excluding diaryl/α,β-unsaturated/α-hetero) is 1. The van der Waals surface area contributed by atoms with E-state index in [-0.39, 0.29) is 24.6 Å². The third-order valence-electron chi connectivity index (χ3n) is 7.45. The highest BCUT2D eigenvalue weighted by atomic mass is 35.5. The Morgan fingerprint density at radius 3 is 2.31 bits per heavy atom. The molecule has 0 unspecified atom stereocenters. The predicted octanol–water partition coefficient (Wildman–Crippen LogP) is 4.86. The van der Waals surface area contributed by atoms with Gasteiger partial charge in [-0.15, -0.1) is 0 Å². The van der Waals surface area contributed by atoms with Crippen molar-refractivity contribution < 1.29 is 23.9 Å². The van der Waals surface area contributed by atoms with Crippen LogP contribution in [0.25, 0.3) is 0 Å². The van der Waals surface area contributed by atoms with E-state index < -0.39 is 23.1 Å². The highest BCUT2D eigenvalue weighted by Gasteiger charge is 2.49. The van der Waals surface area contributed by atoms with Gasteiger partial charge in [-0.05, 0) is 66.9 Å². The van der Waals surface area contributed by atoms with E-state index in [4.69, 9.17) is 16.3 Å². The first-order valence-electron chi connectivity index (χ1n) is 12.8. The van der Waals surface area contributed by atoms with E-state index in [2.05, 4.69) is 5.32 Å². The summed E-state index contributed by atoms with van der Waals surface area (Å²) >= 11 is 6.09. The number of ether oxygens (including phenoxy) is 1. The summed E-state index contributed by atoms with van der Waals surface area (Å²) in [7, 11) is 1.57. The van der Waals surface area contributed by atoms with Gasteiger partial charge in [-0.2, -0.15) is 0 Å². The van der Waals surface area contributed by atoms with E-state index in [0.29, 0.717) is 35.0 Å². The van der Waals surface area contributed by atoms with Crippen molar-refractivity contribution in [3.63, 3.8) is 0 Å². The number of carbonyl (C=O) groups is 4. The van der Waals surface area contributed by atoms with Crippen LogP contribution in [0.4, 0.5) is 11.4 Å². The van der Waals surface area contributed by atoms with Crippen LogP contribution in [0, 0.1) is 0 Å². The van der Waals surface area contributed by atoms with Crippen LogP contribution in [0.1, 0.15) is 41.6 Å². The van der Waals surface area contributed by atoms with Crippen molar-refractivity contribution in [2.24, 2.45) is 0 Å². The molecular formula is C30H28ClN3O5. The zero-order valence-corrected chi connectivity index (χ0v) is 22.2. The summed E-state index contributed by atoms with van der Waals surface area (Å²) in [6.07, 6.45) is 2.48. The molecule has 1 heterocycles. The van der Waals surface area contributed by atoms with E-state index in [0.717, 1.165) is 18.4 Å². The smallest absolute Gasteiger partial charge is 0.299 e. The number of anilines is 2. The quantitative estimate of drug-likeness (QED) is 0.408. The molecule has 0 saturated heterocycles. The molecule has 1 aliphatic heterocycles. The minimum atomic E-state index is -1.14. The minimum Gasteiger partial charge on any atom is -0.497 e. The molecule has 0 aromatic heterocycles. The standard InChI is InChI=1S/C30H28ClN3O5/c1-39-23-14-12-22(13-15-23)32-29(38)30(16-4-5-17-30)34(18-20-8-10-21(31)11-9-20)26(35)19-33-25-7-3-2-6-24(25)27(36)28(33)37/h2-3,6-15H,4-5,16-19H2,1H3,(H,32,38). The molecule has 0 bridgehead atoms. The maximum atomic E-state index is 14.1. The fourth-order valence-corrected chi connectivity index (χ4v) is 5.50. The molecule has 3 aromatic rings. The van der Waals surface area contributed by atoms with Gasteiger partial charge in [-0.1, -0.05) is 48.7 Å². The van der Waals surface area contributed by atoms with Crippen molar-refractivity contribution in [2.75, 3.05) is 23.9 Å². The Hall–Kier alpha value is -4.17. The Morgan fingerprint density at radius 2 is 1.64 bits per heavy atom. The molecular weight excluding hydrogens is 518 g/mol. The molecule has 1 fully saturated rings. The fraction of sp³-hybridized carbons (Fsp3) is 0.267. The normalized spacial score (nSPS) is 15.7. The highest BCUT2D eigenvalue weighted by molar-refractivity contribution is 6.52. The number of methoxy groups -OCH3 is 1. The molecule has 3 aromatic carbocycles. The fourth-order valence-electron chi connectivity index (χ4n) is 5.38. The Morgan fingerprint density at radius 1 is 0.974 bits per heavy atom. The van der Waals surface area contributed by atoms with Crippen LogP contribution in [0.3, 0.4) is 0 Å². The summed E-state index contributed by atoms with van der Waals surface area (Å²) in [5, 5.41) is 3.54. The van der Waals surface area contributed by atoms with Crippen LogP contribution in [0.2, 0.25) is 5.02 Å². The third-order valence-corrected chi connectivity index (χ3v) is 7.70. The number of hydrogen-bond acceptors (Lipinski definition) is 5. The Kier molecular flexibility index (Phi) is 7.39.